The van der Waals surface area contributed by atoms with Gasteiger partial charge in [0.1, 0.15) is 0 Å². The Morgan fingerprint density at radius 3 is 1.37 bits per heavy atom. The van der Waals surface area contributed by atoms with Crippen LogP contribution in [0.1, 0.15) is 63.4 Å². The number of halogens is 1. The zero-order chi connectivity index (χ0) is 26.5. The molecule has 0 spiro atoms. The van der Waals surface area contributed by atoms with E-state index in [1.165, 1.54) is 29.6 Å². The van der Waals surface area contributed by atoms with Gasteiger partial charge in [-0.3, -0.25) is 0 Å². The first-order chi connectivity index (χ1) is 17.0. The molecule has 2 N–H and O–H groups in total. The molecule has 3 aromatic rings. The molecule has 0 heterocycles. The second kappa shape index (κ2) is 15.3. The fraction of sp³-hybridized carbons (Fsp3) is 0.258. The minimum atomic E-state index is -3.75. The molecule has 0 amide bonds. The Morgan fingerprint density at radius 2 is 0.974 bits per heavy atom. The largest absolute Gasteiger partial charge is 2.00 e. The van der Waals surface area contributed by atoms with E-state index < -0.39 is 22.1 Å². The summed E-state index contributed by atoms with van der Waals surface area (Å²) in [7, 11) is -3.75. The summed E-state index contributed by atoms with van der Waals surface area (Å²) in [5.74, 6) is 7.34. The molecule has 6 radical (unpaired) electrons. The van der Waals surface area contributed by atoms with Crippen molar-refractivity contribution < 1.29 is 40.3 Å². The molecule has 0 bridgehead atoms. The smallest absolute Gasteiger partial charge is 1.00 e. The SMILES string of the molecule is C[C]1[C](C)[C](C)[C](C)[C]1C.Cc1ccc(S(=O)(=O)N[C@H](c2ccccc2)[C@H]([NH-])c2ccccc2)cc1.[Cl-].[Rh+2]. The number of nitrogens with one attached hydrogen (secondary N) is 2. The molecular weight excluding hydrogens is 603 g/mol. The summed E-state index contributed by atoms with van der Waals surface area (Å²) in [6, 6.07) is 23.8. The van der Waals surface area contributed by atoms with Crippen LogP contribution in [-0.4, -0.2) is 8.42 Å². The summed E-state index contributed by atoms with van der Waals surface area (Å²) in [4.78, 5) is 0.198. The number of rotatable bonds is 6. The topological polar surface area (TPSA) is 70.0 Å². The molecule has 2 atom stereocenters. The molecular formula is C31H36ClN2O2RhS. The quantitative estimate of drug-likeness (QED) is 0.395. The van der Waals surface area contributed by atoms with Gasteiger partial charge < -0.3 is 18.1 Å². The number of hydrogen-bond donors (Lipinski definition) is 1. The first kappa shape index (κ1) is 34.5. The maximum absolute atomic E-state index is 12.9. The van der Waals surface area contributed by atoms with Crippen molar-refractivity contribution in [1.82, 2.24) is 4.72 Å². The Morgan fingerprint density at radius 1 is 0.605 bits per heavy atom. The first-order valence-corrected chi connectivity index (χ1v) is 13.6. The Hall–Kier alpha value is -1.56. The van der Waals surface area contributed by atoms with Crippen LogP contribution < -0.4 is 17.1 Å². The minimum Gasteiger partial charge on any atom is -1.00 e. The maximum atomic E-state index is 12.9. The summed E-state index contributed by atoms with van der Waals surface area (Å²) in [5, 5.41) is 0. The van der Waals surface area contributed by atoms with Gasteiger partial charge in [-0.25, -0.2) is 13.1 Å². The van der Waals surface area contributed by atoms with Gasteiger partial charge in [-0.05, 0) is 54.2 Å². The van der Waals surface area contributed by atoms with Crippen molar-refractivity contribution in [3.05, 3.63) is 137 Å². The van der Waals surface area contributed by atoms with Crippen molar-refractivity contribution in [2.24, 2.45) is 0 Å². The maximum Gasteiger partial charge on any atom is 2.00 e. The van der Waals surface area contributed by atoms with Crippen LogP contribution in [0.2, 0.25) is 0 Å². The third-order valence-electron chi connectivity index (χ3n) is 7.08. The fourth-order valence-corrected chi connectivity index (χ4v) is 5.44. The normalized spacial score (nSPS) is 17.0. The van der Waals surface area contributed by atoms with Crippen LogP contribution >= 0.6 is 0 Å². The van der Waals surface area contributed by atoms with Gasteiger partial charge >= 0.3 is 19.5 Å². The standard InChI is InChI=1S/C21H21N2O2S.C10H15.ClH.Rh/c1-16-12-14-19(15-13-16)26(24,25)23-21(18-10-6-3-7-11-18)20(22)17-8-4-2-5-9-17;1-6-7(2)9(4)10(5)8(6)3;;/h2-15,20-23H,1H3;1-5H3;1H;/q-1;;;+2/p-1/t20-,21-;;;/m1.../s1. The fourth-order valence-electron chi connectivity index (χ4n) is 4.20. The van der Waals surface area contributed by atoms with E-state index in [4.69, 9.17) is 5.73 Å². The molecule has 0 aliphatic heterocycles. The average Bonchev–Trinajstić information content (AvgIpc) is 3.06. The Labute approximate surface area is 249 Å². The predicted octanol–water partition coefficient (Wildman–Crippen LogP) is 4.78. The van der Waals surface area contributed by atoms with E-state index in [0.717, 1.165) is 16.7 Å². The molecule has 3 aromatic carbocycles. The Bertz CT molecular complexity index is 1150. The molecule has 4 nitrogen and oxygen atoms in total. The zero-order valence-corrected chi connectivity index (χ0v) is 25.9. The molecule has 38 heavy (non-hydrogen) atoms. The molecule has 0 aromatic heterocycles. The first-order valence-electron chi connectivity index (χ1n) is 12.1. The molecule has 0 saturated heterocycles. The van der Waals surface area contributed by atoms with E-state index in [2.05, 4.69) is 39.3 Å². The molecule has 0 unspecified atom stereocenters. The Balaban J connectivity index is 0.000000511. The van der Waals surface area contributed by atoms with Gasteiger partial charge in [0.25, 0.3) is 0 Å². The van der Waals surface area contributed by atoms with E-state index in [-0.39, 0.29) is 36.8 Å². The van der Waals surface area contributed by atoms with Crippen LogP contribution in [-0.2, 0) is 29.5 Å². The van der Waals surface area contributed by atoms with E-state index in [0.29, 0.717) is 0 Å². The summed E-state index contributed by atoms with van der Waals surface area (Å²) in [6.45, 7) is 12.9. The molecule has 1 saturated carbocycles. The third kappa shape index (κ3) is 8.47. The van der Waals surface area contributed by atoms with Crippen molar-refractivity contribution in [2.75, 3.05) is 0 Å². The van der Waals surface area contributed by atoms with Gasteiger partial charge in [-0.2, -0.15) is 0 Å². The Kier molecular flexibility index (Phi) is 13.9. The van der Waals surface area contributed by atoms with E-state index in [1.807, 2.05) is 67.6 Å². The summed E-state index contributed by atoms with van der Waals surface area (Å²) in [5.41, 5.74) is 11.2. The van der Waals surface area contributed by atoms with Crippen LogP contribution in [0, 0.1) is 36.5 Å². The van der Waals surface area contributed by atoms with Crippen LogP contribution in [0.15, 0.2) is 89.8 Å². The molecule has 1 aliphatic rings. The second-order valence-corrected chi connectivity index (χ2v) is 11.1. The number of sulfonamides is 1. The predicted molar refractivity (Wildman–Crippen MR) is 149 cm³/mol. The van der Waals surface area contributed by atoms with Gasteiger partial charge in [0.2, 0.25) is 10.0 Å². The van der Waals surface area contributed by atoms with Crippen molar-refractivity contribution in [1.29, 1.82) is 0 Å². The second-order valence-electron chi connectivity index (χ2n) is 9.34. The van der Waals surface area contributed by atoms with Crippen molar-refractivity contribution in [3.63, 3.8) is 0 Å². The van der Waals surface area contributed by atoms with Gasteiger partial charge in [0.05, 0.1) is 4.90 Å². The molecule has 204 valence electrons. The number of aryl methyl sites for hydroxylation is 1. The average molecular weight is 639 g/mol. The zero-order valence-electron chi connectivity index (χ0n) is 22.7. The minimum absolute atomic E-state index is 0. The van der Waals surface area contributed by atoms with Crippen LogP contribution in [0.4, 0.5) is 0 Å². The summed E-state index contributed by atoms with van der Waals surface area (Å²) < 4.78 is 28.5. The van der Waals surface area contributed by atoms with Crippen LogP contribution in [0.25, 0.3) is 5.73 Å². The van der Waals surface area contributed by atoms with Crippen LogP contribution in [0.5, 0.6) is 0 Å². The monoisotopic (exact) mass is 638 g/mol. The van der Waals surface area contributed by atoms with Gasteiger partial charge in [-0.15, -0.1) is 0 Å². The number of hydrogen-bond acceptors (Lipinski definition) is 2. The molecule has 4 rings (SSSR count). The van der Waals surface area contributed by atoms with Crippen LogP contribution in [0.3, 0.4) is 0 Å². The summed E-state index contributed by atoms with van der Waals surface area (Å²) in [6.07, 6.45) is 0. The molecule has 1 fully saturated rings. The third-order valence-corrected chi connectivity index (χ3v) is 8.53. The summed E-state index contributed by atoms with van der Waals surface area (Å²) >= 11 is 0. The van der Waals surface area contributed by atoms with Gasteiger partial charge in [0.15, 0.2) is 0 Å². The molecule has 1 aliphatic carbocycles. The van der Waals surface area contributed by atoms with E-state index in [1.54, 1.807) is 24.3 Å². The molecule has 7 heteroatoms. The van der Waals surface area contributed by atoms with Gasteiger partial charge in [-0.1, -0.05) is 125 Å². The van der Waals surface area contributed by atoms with Crippen molar-refractivity contribution in [3.8, 4) is 0 Å². The van der Waals surface area contributed by atoms with Crippen molar-refractivity contribution >= 4 is 10.0 Å². The van der Waals surface area contributed by atoms with Crippen molar-refractivity contribution in [2.45, 2.75) is 58.5 Å². The van der Waals surface area contributed by atoms with E-state index >= 15 is 0 Å². The number of benzene rings is 3. The van der Waals surface area contributed by atoms with E-state index in [9.17, 15) is 8.42 Å². The van der Waals surface area contributed by atoms with Gasteiger partial charge in [0, 0.05) is 6.04 Å².